The van der Waals surface area contributed by atoms with E-state index >= 15 is 0 Å². The molecular weight excluding hydrogens is 124 g/mol. The summed E-state index contributed by atoms with van der Waals surface area (Å²) in [6.45, 7) is 2.61. The molecule has 0 aromatic heterocycles. The molecule has 10 heavy (non-hydrogen) atoms. The molecule has 2 unspecified atom stereocenters. The minimum absolute atomic E-state index is 0.758. The summed E-state index contributed by atoms with van der Waals surface area (Å²) in [6, 6.07) is 1.01. The van der Waals surface area contributed by atoms with Crippen LogP contribution in [0.15, 0.2) is 0 Å². The first kappa shape index (κ1) is 5.56. The van der Waals surface area contributed by atoms with Crippen LogP contribution in [0.3, 0.4) is 0 Å². The van der Waals surface area contributed by atoms with Gasteiger partial charge in [0.15, 0.2) is 0 Å². The van der Waals surface area contributed by atoms with Crippen molar-refractivity contribution in [3.05, 3.63) is 0 Å². The zero-order valence-corrected chi connectivity index (χ0v) is 6.59. The van der Waals surface area contributed by atoms with Gasteiger partial charge in [0, 0.05) is 24.5 Å². The maximum absolute atomic E-state index is 3.30. The van der Waals surface area contributed by atoms with E-state index < -0.39 is 0 Å². The molecule has 2 aliphatic carbocycles. The van der Waals surface area contributed by atoms with Crippen LogP contribution in [0.4, 0.5) is 0 Å². The molecule has 0 amide bonds. The first-order valence-corrected chi connectivity index (χ1v) is 4.16. The van der Waals surface area contributed by atoms with Crippen LogP contribution in [0.25, 0.3) is 0 Å². The van der Waals surface area contributed by atoms with Gasteiger partial charge in [0.2, 0.25) is 0 Å². The summed E-state index contributed by atoms with van der Waals surface area (Å²) < 4.78 is 0. The molecule has 0 aromatic rings. The summed E-state index contributed by atoms with van der Waals surface area (Å²) in [4.78, 5) is 2.53. The highest BCUT2D eigenvalue weighted by Crippen LogP contribution is 2.83. The van der Waals surface area contributed by atoms with Crippen molar-refractivity contribution in [3.63, 3.8) is 0 Å². The second-order valence-electron chi connectivity index (χ2n) is 4.22. The van der Waals surface area contributed by atoms with Crippen molar-refractivity contribution in [2.75, 3.05) is 27.2 Å². The Kier molecular flexibility index (Phi) is 0.710. The largest absolute Gasteiger partial charge is 0.319 e. The monoisotopic (exact) mass is 138 g/mol. The lowest BCUT2D eigenvalue weighted by molar-refractivity contribution is 0.389. The van der Waals surface area contributed by atoms with E-state index in [1.54, 1.807) is 0 Å². The molecule has 1 N–H and O–H groups in total. The standard InChI is InChI=1S/C8H14N2/c1-9-3-8-4-10(2)7-5(8)6(7)8/h5-7,9H,3-4H2,1-2H3. The molecule has 4 rings (SSSR count). The van der Waals surface area contributed by atoms with Crippen molar-refractivity contribution < 1.29 is 0 Å². The molecular formula is C8H14N2. The number of fused-ring (bicyclic) bond motifs is 1. The molecule has 4 aliphatic rings. The van der Waals surface area contributed by atoms with Crippen LogP contribution in [0.2, 0.25) is 0 Å². The van der Waals surface area contributed by atoms with Crippen LogP contribution in [-0.4, -0.2) is 38.1 Å². The molecule has 2 bridgehead atoms. The minimum atomic E-state index is 0.758. The van der Waals surface area contributed by atoms with Crippen LogP contribution < -0.4 is 5.32 Å². The summed E-state index contributed by atoms with van der Waals surface area (Å²) in [5, 5.41) is 3.30. The molecule has 2 nitrogen and oxygen atoms in total. The lowest BCUT2D eigenvalue weighted by Crippen LogP contribution is -2.26. The van der Waals surface area contributed by atoms with Gasteiger partial charge in [-0.3, -0.25) is 0 Å². The van der Waals surface area contributed by atoms with Gasteiger partial charge in [-0.1, -0.05) is 0 Å². The van der Waals surface area contributed by atoms with E-state index in [1.165, 1.54) is 13.1 Å². The van der Waals surface area contributed by atoms with Crippen molar-refractivity contribution in [1.29, 1.82) is 0 Å². The summed E-state index contributed by atoms with van der Waals surface area (Å²) in [5.41, 5.74) is 0.758. The fourth-order valence-corrected chi connectivity index (χ4v) is 3.36. The molecule has 56 valence electrons. The number of rotatable bonds is 2. The number of nitrogens with zero attached hydrogens (tertiary/aromatic N) is 1. The van der Waals surface area contributed by atoms with E-state index in [2.05, 4.69) is 24.3 Å². The van der Waals surface area contributed by atoms with Crippen molar-refractivity contribution in [1.82, 2.24) is 10.2 Å². The number of nitrogens with one attached hydrogen (secondary N) is 1. The third-order valence-corrected chi connectivity index (χ3v) is 3.76. The Morgan fingerprint density at radius 2 is 2.30 bits per heavy atom. The van der Waals surface area contributed by atoms with Crippen molar-refractivity contribution >= 4 is 0 Å². The van der Waals surface area contributed by atoms with Crippen molar-refractivity contribution in [2.45, 2.75) is 6.04 Å². The van der Waals surface area contributed by atoms with Gasteiger partial charge in [-0.15, -0.1) is 0 Å². The molecule has 0 spiro atoms. The van der Waals surface area contributed by atoms with E-state index in [4.69, 9.17) is 0 Å². The molecule has 2 atom stereocenters. The normalized spacial score (nSPS) is 62.4. The first-order chi connectivity index (χ1) is 4.81. The average Bonchev–Trinajstić information content (AvgIpc) is 2.68. The molecule has 0 radical (unpaired) electrons. The highest BCUT2D eigenvalue weighted by molar-refractivity contribution is 5.39. The maximum Gasteiger partial charge on any atom is 0.0169 e. The second kappa shape index (κ2) is 1.28. The van der Waals surface area contributed by atoms with Crippen LogP contribution in [-0.2, 0) is 0 Å². The summed E-state index contributed by atoms with van der Waals surface area (Å²) >= 11 is 0. The zero-order valence-electron chi connectivity index (χ0n) is 6.59. The van der Waals surface area contributed by atoms with Gasteiger partial charge in [-0.25, -0.2) is 0 Å². The van der Waals surface area contributed by atoms with Crippen LogP contribution in [0, 0.1) is 17.3 Å². The van der Waals surface area contributed by atoms with Gasteiger partial charge in [0.05, 0.1) is 0 Å². The summed E-state index contributed by atoms with van der Waals surface area (Å²) in [7, 11) is 4.34. The molecule has 2 aliphatic heterocycles. The Morgan fingerprint density at radius 3 is 2.70 bits per heavy atom. The number of piperidine rings is 1. The van der Waals surface area contributed by atoms with E-state index in [0.29, 0.717) is 0 Å². The minimum Gasteiger partial charge on any atom is -0.319 e. The molecule has 2 heterocycles. The molecule has 2 saturated carbocycles. The molecule has 2 saturated heterocycles. The predicted octanol–water partition coefficient (Wildman–Crippen LogP) is -0.234. The van der Waals surface area contributed by atoms with Gasteiger partial charge in [-0.2, -0.15) is 0 Å². The van der Waals surface area contributed by atoms with Gasteiger partial charge >= 0.3 is 0 Å². The number of hydrogen-bond donors (Lipinski definition) is 1. The van der Waals surface area contributed by atoms with Crippen molar-refractivity contribution in [3.8, 4) is 0 Å². The Labute approximate surface area is 61.6 Å². The lowest BCUT2D eigenvalue weighted by Gasteiger charge is -2.12. The van der Waals surface area contributed by atoms with Crippen LogP contribution in [0.5, 0.6) is 0 Å². The Balaban J connectivity index is 1.79. The lowest BCUT2D eigenvalue weighted by atomic mass is 9.98. The summed E-state index contributed by atoms with van der Waals surface area (Å²) in [6.07, 6.45) is 0. The first-order valence-electron chi connectivity index (χ1n) is 4.16. The zero-order chi connectivity index (χ0) is 6.93. The van der Waals surface area contributed by atoms with Gasteiger partial charge in [0.25, 0.3) is 0 Å². The second-order valence-corrected chi connectivity index (χ2v) is 4.22. The molecule has 0 aromatic carbocycles. The van der Waals surface area contributed by atoms with E-state index in [1.807, 2.05) is 0 Å². The smallest absolute Gasteiger partial charge is 0.0169 e. The third-order valence-electron chi connectivity index (χ3n) is 3.76. The van der Waals surface area contributed by atoms with Crippen molar-refractivity contribution in [2.24, 2.45) is 17.3 Å². The quantitative estimate of drug-likeness (QED) is 0.567. The average molecular weight is 138 g/mol. The van der Waals surface area contributed by atoms with E-state index in [0.717, 1.165) is 23.3 Å². The molecule has 4 fully saturated rings. The maximum atomic E-state index is 3.30. The molecule has 2 heteroatoms. The third kappa shape index (κ3) is 0.350. The van der Waals surface area contributed by atoms with Gasteiger partial charge in [-0.05, 0) is 25.9 Å². The Bertz CT molecular complexity index is 180. The Hall–Kier alpha value is -0.0800. The highest BCUT2D eigenvalue weighted by atomic mass is 15.3. The Morgan fingerprint density at radius 1 is 1.60 bits per heavy atom. The van der Waals surface area contributed by atoms with E-state index in [9.17, 15) is 0 Å². The fourth-order valence-electron chi connectivity index (χ4n) is 3.36. The number of hydrogen-bond acceptors (Lipinski definition) is 2. The highest BCUT2D eigenvalue weighted by Gasteiger charge is 2.88. The fraction of sp³-hybridized carbons (Fsp3) is 1.00. The SMILES string of the molecule is CNCC12CN(C)C3C1C32. The van der Waals surface area contributed by atoms with E-state index in [-0.39, 0.29) is 0 Å². The van der Waals surface area contributed by atoms with Gasteiger partial charge < -0.3 is 10.2 Å². The topological polar surface area (TPSA) is 15.3 Å². The van der Waals surface area contributed by atoms with Crippen LogP contribution in [0.1, 0.15) is 0 Å². The van der Waals surface area contributed by atoms with Gasteiger partial charge in [0.1, 0.15) is 0 Å². The predicted molar refractivity (Wildman–Crippen MR) is 39.8 cm³/mol. The summed E-state index contributed by atoms with van der Waals surface area (Å²) in [5.74, 6) is 2.20. The van der Waals surface area contributed by atoms with Crippen LogP contribution >= 0.6 is 0 Å².